The third kappa shape index (κ3) is 3.85. The molecule has 5 rings (SSSR count). The van der Waals surface area contributed by atoms with Crippen molar-refractivity contribution in [2.75, 3.05) is 37.0 Å². The largest absolute Gasteiger partial charge is 0.337 e. The van der Waals surface area contributed by atoms with Crippen LogP contribution in [0.1, 0.15) is 41.6 Å². The van der Waals surface area contributed by atoms with Crippen molar-refractivity contribution in [3.63, 3.8) is 0 Å². The van der Waals surface area contributed by atoms with E-state index >= 15 is 0 Å². The number of sulfonamides is 1. The van der Waals surface area contributed by atoms with Gasteiger partial charge >= 0.3 is 0 Å². The Bertz CT molecular complexity index is 1080. The second kappa shape index (κ2) is 8.28. The van der Waals surface area contributed by atoms with Crippen LogP contribution < -0.4 is 4.31 Å². The Morgan fingerprint density at radius 2 is 1.71 bits per heavy atom. The molecule has 164 valence electrons. The molecule has 0 aliphatic carbocycles. The number of hydrogen-bond donors (Lipinski definition) is 0. The lowest BCUT2D eigenvalue weighted by molar-refractivity contribution is 0.0780. The summed E-state index contributed by atoms with van der Waals surface area (Å²) in [6.45, 7) is 4.17. The molecule has 0 N–H and O–H groups in total. The second-order valence-electron chi connectivity index (χ2n) is 8.77. The SMILES string of the molecule is O=C(c1cccc(S(=O)(=O)N2CCCc3ccccc32)c1)N1CCC(N2CCCC2)C1. The molecule has 0 radical (unpaired) electrons. The molecule has 7 heteroatoms. The summed E-state index contributed by atoms with van der Waals surface area (Å²) in [6, 6.07) is 14.7. The average molecular weight is 440 g/mol. The fourth-order valence-electron chi connectivity index (χ4n) is 5.18. The zero-order chi connectivity index (χ0) is 21.4. The molecule has 1 unspecified atom stereocenters. The maximum atomic E-state index is 13.5. The quantitative estimate of drug-likeness (QED) is 0.734. The Hall–Kier alpha value is -2.38. The van der Waals surface area contributed by atoms with Crippen LogP contribution in [0, 0.1) is 0 Å². The zero-order valence-corrected chi connectivity index (χ0v) is 18.6. The lowest BCUT2D eigenvalue weighted by atomic mass is 10.0. The highest BCUT2D eigenvalue weighted by molar-refractivity contribution is 7.92. The Morgan fingerprint density at radius 1 is 0.903 bits per heavy atom. The number of aryl methyl sites for hydroxylation is 1. The van der Waals surface area contributed by atoms with Crippen molar-refractivity contribution >= 4 is 21.6 Å². The van der Waals surface area contributed by atoms with Gasteiger partial charge in [-0.3, -0.25) is 14.0 Å². The number of likely N-dealkylation sites (tertiary alicyclic amines) is 2. The first-order chi connectivity index (χ1) is 15.0. The van der Waals surface area contributed by atoms with Gasteiger partial charge in [0.15, 0.2) is 0 Å². The van der Waals surface area contributed by atoms with Crippen molar-refractivity contribution < 1.29 is 13.2 Å². The molecule has 1 amide bonds. The zero-order valence-electron chi connectivity index (χ0n) is 17.7. The van der Waals surface area contributed by atoms with Gasteiger partial charge < -0.3 is 4.90 Å². The van der Waals surface area contributed by atoms with Crippen LogP contribution in [0.4, 0.5) is 5.69 Å². The van der Waals surface area contributed by atoms with Gasteiger partial charge in [-0.2, -0.15) is 0 Å². The van der Waals surface area contributed by atoms with E-state index in [0.717, 1.165) is 56.7 Å². The molecule has 2 fully saturated rings. The lowest BCUT2D eigenvalue weighted by Crippen LogP contribution is -2.37. The fraction of sp³-hybridized carbons (Fsp3) is 0.458. The van der Waals surface area contributed by atoms with Gasteiger partial charge in [0.1, 0.15) is 0 Å². The Kier molecular flexibility index (Phi) is 5.48. The van der Waals surface area contributed by atoms with E-state index in [2.05, 4.69) is 4.90 Å². The van der Waals surface area contributed by atoms with Crippen molar-refractivity contribution in [3.8, 4) is 0 Å². The summed E-state index contributed by atoms with van der Waals surface area (Å²) >= 11 is 0. The maximum absolute atomic E-state index is 13.5. The van der Waals surface area contributed by atoms with Gasteiger partial charge in [0.05, 0.1) is 10.6 Å². The van der Waals surface area contributed by atoms with Crippen molar-refractivity contribution in [2.24, 2.45) is 0 Å². The summed E-state index contributed by atoms with van der Waals surface area (Å²) in [6.07, 6.45) is 5.15. The fourth-order valence-corrected chi connectivity index (χ4v) is 6.77. The molecular weight excluding hydrogens is 410 g/mol. The van der Waals surface area contributed by atoms with Gasteiger partial charge in [0.2, 0.25) is 0 Å². The molecule has 2 saturated heterocycles. The molecule has 0 spiro atoms. The van der Waals surface area contributed by atoms with Crippen LogP contribution in [0.5, 0.6) is 0 Å². The summed E-state index contributed by atoms with van der Waals surface area (Å²) in [5, 5.41) is 0. The van der Waals surface area contributed by atoms with Gasteiger partial charge in [0, 0.05) is 31.2 Å². The summed E-state index contributed by atoms with van der Waals surface area (Å²) in [5.74, 6) is -0.0715. The van der Waals surface area contributed by atoms with Gasteiger partial charge in [-0.05, 0) is 75.0 Å². The minimum Gasteiger partial charge on any atom is -0.337 e. The topological polar surface area (TPSA) is 60.9 Å². The van der Waals surface area contributed by atoms with Crippen LogP contribution in [-0.4, -0.2) is 62.9 Å². The molecule has 0 bridgehead atoms. The van der Waals surface area contributed by atoms with E-state index in [1.807, 2.05) is 29.2 Å². The molecule has 31 heavy (non-hydrogen) atoms. The van der Waals surface area contributed by atoms with Gasteiger partial charge in [0.25, 0.3) is 15.9 Å². The number of anilines is 1. The third-order valence-electron chi connectivity index (χ3n) is 6.84. The van der Waals surface area contributed by atoms with Gasteiger partial charge in [-0.25, -0.2) is 8.42 Å². The lowest BCUT2D eigenvalue weighted by Gasteiger charge is -2.30. The molecule has 2 aromatic carbocycles. The van der Waals surface area contributed by atoms with Gasteiger partial charge in [-0.15, -0.1) is 0 Å². The number of carbonyl (C=O) groups is 1. The van der Waals surface area contributed by atoms with E-state index in [0.29, 0.717) is 18.2 Å². The van der Waals surface area contributed by atoms with E-state index in [1.54, 1.807) is 24.3 Å². The number of benzene rings is 2. The highest BCUT2D eigenvalue weighted by Crippen LogP contribution is 2.32. The first-order valence-electron chi connectivity index (χ1n) is 11.3. The number of nitrogens with zero attached hydrogens (tertiary/aromatic N) is 3. The normalized spacial score (nSPS) is 22.0. The molecule has 3 aliphatic rings. The minimum absolute atomic E-state index is 0.0715. The molecule has 0 saturated carbocycles. The molecule has 0 aromatic heterocycles. The van der Waals surface area contributed by atoms with Crippen LogP contribution in [0.25, 0.3) is 0 Å². The Labute approximate surface area is 184 Å². The van der Waals surface area contributed by atoms with Crippen molar-refractivity contribution in [1.82, 2.24) is 9.80 Å². The van der Waals surface area contributed by atoms with E-state index in [1.165, 1.54) is 17.1 Å². The average Bonchev–Trinajstić information content (AvgIpc) is 3.50. The summed E-state index contributed by atoms with van der Waals surface area (Å²) < 4.78 is 28.4. The molecule has 3 heterocycles. The first kappa shape index (κ1) is 20.5. The third-order valence-corrected chi connectivity index (χ3v) is 8.65. The first-order valence-corrected chi connectivity index (χ1v) is 12.7. The number of amides is 1. The molecular formula is C24H29N3O3S. The van der Waals surface area contributed by atoms with E-state index < -0.39 is 10.0 Å². The minimum atomic E-state index is -3.72. The Morgan fingerprint density at radius 3 is 2.55 bits per heavy atom. The number of carbonyl (C=O) groups excluding carboxylic acids is 1. The highest BCUT2D eigenvalue weighted by atomic mass is 32.2. The van der Waals surface area contributed by atoms with Crippen LogP contribution >= 0.6 is 0 Å². The van der Waals surface area contributed by atoms with Crippen molar-refractivity contribution in [1.29, 1.82) is 0 Å². The van der Waals surface area contributed by atoms with E-state index in [9.17, 15) is 13.2 Å². The Balaban J connectivity index is 1.37. The van der Waals surface area contributed by atoms with Crippen LogP contribution in [-0.2, 0) is 16.4 Å². The predicted octanol–water partition coefficient (Wildman–Crippen LogP) is 3.14. The predicted molar refractivity (Wildman–Crippen MR) is 121 cm³/mol. The highest BCUT2D eigenvalue weighted by Gasteiger charge is 2.33. The van der Waals surface area contributed by atoms with Crippen LogP contribution in [0.3, 0.4) is 0 Å². The molecule has 1 atom stereocenters. The van der Waals surface area contributed by atoms with Crippen molar-refractivity contribution in [2.45, 2.75) is 43.0 Å². The number of fused-ring (bicyclic) bond motifs is 1. The maximum Gasteiger partial charge on any atom is 0.264 e. The smallest absolute Gasteiger partial charge is 0.264 e. The molecule has 6 nitrogen and oxygen atoms in total. The van der Waals surface area contributed by atoms with E-state index in [4.69, 9.17) is 0 Å². The standard InChI is InChI=1S/C24H29N3O3S/c28-24(26-16-12-21(18-26)25-13-3-4-14-25)20-8-5-10-22(17-20)31(29,30)27-15-6-9-19-7-1-2-11-23(19)27/h1-2,5,7-8,10-11,17,21H,3-4,6,9,12-16,18H2. The summed E-state index contributed by atoms with van der Waals surface area (Å²) in [4.78, 5) is 17.7. The number of rotatable bonds is 4. The second-order valence-corrected chi connectivity index (χ2v) is 10.6. The summed E-state index contributed by atoms with van der Waals surface area (Å²) in [5.41, 5.74) is 2.25. The van der Waals surface area contributed by atoms with E-state index in [-0.39, 0.29) is 10.8 Å². The van der Waals surface area contributed by atoms with Gasteiger partial charge in [-0.1, -0.05) is 24.3 Å². The number of hydrogen-bond acceptors (Lipinski definition) is 4. The monoisotopic (exact) mass is 439 g/mol. The van der Waals surface area contributed by atoms with Crippen LogP contribution in [0.2, 0.25) is 0 Å². The van der Waals surface area contributed by atoms with Crippen molar-refractivity contribution in [3.05, 3.63) is 59.7 Å². The molecule has 3 aliphatic heterocycles. The molecule has 2 aromatic rings. The van der Waals surface area contributed by atoms with Crippen LogP contribution in [0.15, 0.2) is 53.4 Å². The summed E-state index contributed by atoms with van der Waals surface area (Å²) in [7, 11) is -3.72. The number of para-hydroxylation sites is 1.